The van der Waals surface area contributed by atoms with Crippen LogP contribution in [0, 0.1) is 30.1 Å². The van der Waals surface area contributed by atoms with E-state index in [0.717, 1.165) is 17.8 Å². The van der Waals surface area contributed by atoms with E-state index in [1.165, 1.54) is 43.8 Å². The quantitative estimate of drug-likeness (QED) is 0.482. The average Bonchev–Trinajstić information content (AvgIpc) is 2.96. The molecule has 4 aliphatic carbocycles. The standard InChI is InChI=1S/C18H22NO2P/c1-2-3-4-21-17(20)15-16(22-11-19-15)18-8-12-5-13(9-18)7-14(6-12)10-18/h1,11-14,22H,3-10H2. The molecule has 1 aromatic heterocycles. The van der Waals surface area contributed by atoms with E-state index in [-0.39, 0.29) is 11.4 Å². The number of nitrogens with zero attached hydrogens (tertiary/aromatic N) is 1. The Morgan fingerprint density at radius 1 is 1.32 bits per heavy atom. The molecule has 4 fully saturated rings. The number of terminal acetylenes is 1. The molecule has 0 amide bonds. The predicted molar refractivity (Wildman–Crippen MR) is 87.3 cm³/mol. The molecule has 4 bridgehead atoms. The molecule has 3 nitrogen and oxygen atoms in total. The van der Waals surface area contributed by atoms with Gasteiger partial charge >= 0.3 is 5.97 Å². The lowest BCUT2D eigenvalue weighted by atomic mass is 9.49. The van der Waals surface area contributed by atoms with Gasteiger partial charge in [-0.3, -0.25) is 0 Å². The lowest BCUT2D eigenvalue weighted by molar-refractivity contribution is -0.00440. The highest BCUT2D eigenvalue weighted by atomic mass is 31.0. The molecule has 4 heteroatoms. The fourth-order valence-corrected chi connectivity index (χ4v) is 6.78. The molecule has 22 heavy (non-hydrogen) atoms. The van der Waals surface area contributed by atoms with Crippen LogP contribution in [-0.4, -0.2) is 17.6 Å². The number of hydrogen-bond donors (Lipinski definition) is 0. The van der Waals surface area contributed by atoms with Crippen LogP contribution >= 0.6 is 8.19 Å². The lowest BCUT2D eigenvalue weighted by Crippen LogP contribution is -2.48. The highest BCUT2D eigenvalue weighted by molar-refractivity contribution is 7.30. The first kappa shape index (κ1) is 14.3. The molecular weight excluding hydrogens is 293 g/mol. The molecule has 0 aromatic carbocycles. The molecule has 0 aliphatic heterocycles. The molecular formula is C18H22NO2P. The fraction of sp³-hybridized carbons (Fsp3) is 0.667. The summed E-state index contributed by atoms with van der Waals surface area (Å²) in [5.41, 5.74) is 0.863. The van der Waals surface area contributed by atoms with Crippen molar-refractivity contribution in [2.45, 2.75) is 50.4 Å². The smallest absolute Gasteiger partial charge is 0.357 e. The van der Waals surface area contributed by atoms with Crippen LogP contribution in [0.3, 0.4) is 0 Å². The van der Waals surface area contributed by atoms with Crippen LogP contribution < -0.4 is 0 Å². The fourth-order valence-electron chi connectivity index (χ4n) is 5.54. The first-order chi connectivity index (χ1) is 10.7. The highest BCUT2D eigenvalue weighted by Crippen LogP contribution is 2.62. The predicted octanol–water partition coefficient (Wildman–Crippen LogP) is 3.76. The van der Waals surface area contributed by atoms with E-state index < -0.39 is 0 Å². The zero-order chi connectivity index (χ0) is 15.2. The summed E-state index contributed by atoms with van der Waals surface area (Å²) in [6, 6.07) is 0. The minimum absolute atomic E-state index is 0.254. The number of carbonyl (C=O) groups is 1. The molecule has 0 saturated heterocycles. The van der Waals surface area contributed by atoms with E-state index in [1.807, 2.05) is 5.93 Å². The Kier molecular flexibility index (Phi) is 3.54. The van der Waals surface area contributed by atoms with E-state index in [0.29, 0.717) is 26.9 Å². The molecule has 116 valence electrons. The molecule has 5 rings (SSSR count). The number of hydrogen-bond acceptors (Lipinski definition) is 3. The van der Waals surface area contributed by atoms with Gasteiger partial charge in [0, 0.05) is 23.1 Å². The monoisotopic (exact) mass is 315 g/mol. The molecule has 0 N–H and O–H groups in total. The van der Waals surface area contributed by atoms with Gasteiger partial charge in [-0.15, -0.1) is 20.5 Å². The molecule has 0 radical (unpaired) electrons. The molecule has 1 heterocycles. The van der Waals surface area contributed by atoms with Gasteiger partial charge in [-0.1, -0.05) is 0 Å². The first-order valence-corrected chi connectivity index (χ1v) is 9.42. The van der Waals surface area contributed by atoms with Gasteiger partial charge in [-0.05, 0) is 56.3 Å². The molecule has 1 aromatic rings. The van der Waals surface area contributed by atoms with Gasteiger partial charge in [0.2, 0.25) is 0 Å². The molecule has 0 spiro atoms. The second-order valence-corrected chi connectivity index (χ2v) is 8.46. The highest BCUT2D eigenvalue weighted by Gasteiger charge is 2.53. The molecule has 1 atom stereocenters. The van der Waals surface area contributed by atoms with Crippen molar-refractivity contribution < 1.29 is 9.53 Å². The Morgan fingerprint density at radius 3 is 2.55 bits per heavy atom. The van der Waals surface area contributed by atoms with E-state index in [2.05, 4.69) is 10.9 Å². The Morgan fingerprint density at radius 2 is 1.95 bits per heavy atom. The number of carbonyl (C=O) groups excluding carboxylic acids is 1. The van der Waals surface area contributed by atoms with Crippen molar-refractivity contribution in [3.05, 3.63) is 16.9 Å². The van der Waals surface area contributed by atoms with Crippen LogP contribution in [0.5, 0.6) is 0 Å². The van der Waals surface area contributed by atoms with Crippen molar-refractivity contribution in [2.24, 2.45) is 17.8 Å². The van der Waals surface area contributed by atoms with Gasteiger partial charge in [-0.2, -0.15) is 0 Å². The molecule has 4 aliphatic rings. The summed E-state index contributed by atoms with van der Waals surface area (Å²) < 4.78 is 5.31. The Labute approximate surface area is 133 Å². The van der Waals surface area contributed by atoms with Gasteiger partial charge < -0.3 is 4.74 Å². The van der Waals surface area contributed by atoms with Gasteiger partial charge in [-0.25, -0.2) is 9.78 Å². The molecule has 1 unspecified atom stereocenters. The number of esters is 1. The Balaban J connectivity index is 1.60. The summed E-state index contributed by atoms with van der Waals surface area (Å²) >= 11 is 0. The van der Waals surface area contributed by atoms with Gasteiger partial charge in [0.25, 0.3) is 0 Å². The van der Waals surface area contributed by atoms with Crippen molar-refractivity contribution >= 4 is 14.2 Å². The first-order valence-electron chi connectivity index (χ1n) is 8.34. The maximum Gasteiger partial charge on any atom is 0.357 e. The van der Waals surface area contributed by atoms with E-state index >= 15 is 0 Å². The zero-order valence-corrected chi connectivity index (χ0v) is 13.8. The van der Waals surface area contributed by atoms with Crippen LogP contribution in [0.1, 0.15) is 60.7 Å². The number of rotatable bonds is 4. The largest absolute Gasteiger partial charge is 0.460 e. The van der Waals surface area contributed by atoms with Crippen molar-refractivity contribution in [3.63, 3.8) is 0 Å². The summed E-state index contributed by atoms with van der Waals surface area (Å²) in [4.78, 5) is 16.8. The van der Waals surface area contributed by atoms with Gasteiger partial charge in [0.1, 0.15) is 6.61 Å². The third-order valence-corrected chi connectivity index (χ3v) is 7.19. The maximum atomic E-state index is 12.4. The van der Waals surface area contributed by atoms with Crippen molar-refractivity contribution in [2.75, 3.05) is 6.61 Å². The number of ether oxygens (including phenoxy) is 1. The summed E-state index contributed by atoms with van der Waals surface area (Å²) in [5, 5.41) is 1.30. The van der Waals surface area contributed by atoms with E-state index in [4.69, 9.17) is 11.2 Å². The van der Waals surface area contributed by atoms with Crippen molar-refractivity contribution in [1.29, 1.82) is 0 Å². The van der Waals surface area contributed by atoms with Crippen molar-refractivity contribution in [3.8, 4) is 12.3 Å². The van der Waals surface area contributed by atoms with Crippen LogP contribution in [0.15, 0.2) is 5.93 Å². The summed E-state index contributed by atoms with van der Waals surface area (Å²) in [6.45, 7) is 0.297. The van der Waals surface area contributed by atoms with E-state index in [9.17, 15) is 4.79 Å². The second kappa shape index (κ2) is 5.43. The summed E-state index contributed by atoms with van der Waals surface area (Å²) in [6.07, 6.45) is 13.7. The third-order valence-electron chi connectivity index (χ3n) is 5.88. The molecule has 4 saturated carbocycles. The minimum Gasteiger partial charge on any atom is -0.460 e. The number of aromatic nitrogens is 1. The van der Waals surface area contributed by atoms with Crippen molar-refractivity contribution in [1.82, 2.24) is 4.98 Å². The summed E-state index contributed by atoms with van der Waals surface area (Å²) in [7, 11) is 0.568. The normalized spacial score (nSPS) is 35.7. The zero-order valence-electron chi connectivity index (χ0n) is 12.8. The SMILES string of the molecule is C#CCCOC(=O)c1nc[pH]c1C12CC3CC(CC(C3)C1)C2. The van der Waals surface area contributed by atoms with Crippen LogP contribution in [0.2, 0.25) is 0 Å². The Bertz CT molecular complexity index is 592. The van der Waals surface area contributed by atoms with Crippen LogP contribution in [0.25, 0.3) is 0 Å². The van der Waals surface area contributed by atoms with E-state index in [1.54, 1.807) is 0 Å². The lowest BCUT2D eigenvalue weighted by Gasteiger charge is -2.56. The second-order valence-electron chi connectivity index (χ2n) is 7.41. The maximum absolute atomic E-state index is 12.4. The van der Waals surface area contributed by atoms with Crippen LogP contribution in [-0.2, 0) is 10.2 Å². The van der Waals surface area contributed by atoms with Gasteiger partial charge in [0.15, 0.2) is 5.69 Å². The summed E-state index contributed by atoms with van der Waals surface area (Å²) in [5.74, 6) is 6.80. The minimum atomic E-state index is -0.262. The average molecular weight is 315 g/mol. The third kappa shape index (κ3) is 2.29. The van der Waals surface area contributed by atoms with Gasteiger partial charge in [0.05, 0.1) is 0 Å². The topological polar surface area (TPSA) is 39.2 Å². The Hall–Kier alpha value is -1.26. The van der Waals surface area contributed by atoms with Crippen LogP contribution in [0.4, 0.5) is 0 Å².